The fourth-order valence-corrected chi connectivity index (χ4v) is 2.19. The topological polar surface area (TPSA) is 0 Å². The van der Waals surface area contributed by atoms with Crippen LogP contribution < -0.4 is 0 Å². The van der Waals surface area contributed by atoms with Crippen LogP contribution >= 0.6 is 27.5 Å². The van der Waals surface area contributed by atoms with Gasteiger partial charge in [0.05, 0.1) is 0 Å². The van der Waals surface area contributed by atoms with Crippen LogP contribution in [0, 0.1) is 11.3 Å². The van der Waals surface area contributed by atoms with Gasteiger partial charge >= 0.3 is 0 Å². The van der Waals surface area contributed by atoms with Gasteiger partial charge < -0.3 is 0 Å². The lowest BCUT2D eigenvalue weighted by Crippen LogP contribution is -2.22. The maximum atomic E-state index is 5.91. The Balaban J connectivity index is 2.47. The number of hydrogen-bond donors (Lipinski definition) is 0. The minimum atomic E-state index is 0.227. The van der Waals surface area contributed by atoms with E-state index in [1.165, 1.54) is 0 Å². The van der Waals surface area contributed by atoms with Crippen LogP contribution in [0.5, 0.6) is 0 Å². The van der Waals surface area contributed by atoms with Crippen molar-refractivity contribution in [3.63, 3.8) is 0 Å². The van der Waals surface area contributed by atoms with Gasteiger partial charge in [-0.05, 0) is 17.8 Å². The molecule has 1 atom stereocenters. The Morgan fingerprint density at radius 3 is 2.42 bits per heavy atom. The third-order valence-corrected chi connectivity index (χ3v) is 4.20. The van der Waals surface area contributed by atoms with Crippen LogP contribution in [0.3, 0.4) is 0 Å². The van der Waals surface area contributed by atoms with E-state index in [0.717, 1.165) is 17.6 Å². The Labute approximate surface area is 87.8 Å². The SMILES string of the molecule is CC(CCl)(CBr)CC1C=CC=C1. The molecule has 1 rings (SSSR count). The lowest BCUT2D eigenvalue weighted by Gasteiger charge is -2.26. The van der Waals surface area contributed by atoms with Crippen molar-refractivity contribution in [2.24, 2.45) is 11.3 Å². The minimum Gasteiger partial charge on any atom is -0.126 e. The third kappa shape index (κ3) is 2.63. The number of allylic oxidation sites excluding steroid dienone is 4. The highest BCUT2D eigenvalue weighted by atomic mass is 79.9. The second-order valence-electron chi connectivity index (χ2n) is 3.72. The third-order valence-electron chi connectivity index (χ3n) is 2.20. The molecule has 2 heteroatoms. The largest absolute Gasteiger partial charge is 0.126 e. The number of halogens is 2. The van der Waals surface area contributed by atoms with Gasteiger partial charge in [-0.3, -0.25) is 0 Å². The zero-order valence-corrected chi connectivity index (χ0v) is 9.61. The van der Waals surface area contributed by atoms with Crippen molar-refractivity contribution in [1.29, 1.82) is 0 Å². The predicted molar refractivity (Wildman–Crippen MR) is 59.0 cm³/mol. The van der Waals surface area contributed by atoms with E-state index in [4.69, 9.17) is 11.6 Å². The molecule has 0 saturated heterocycles. The van der Waals surface area contributed by atoms with Crippen LogP contribution in [-0.2, 0) is 0 Å². The highest BCUT2D eigenvalue weighted by molar-refractivity contribution is 9.09. The molecular weight excluding hydrogens is 235 g/mol. The van der Waals surface area contributed by atoms with Gasteiger partial charge in [0.25, 0.3) is 0 Å². The molecule has 0 fully saturated rings. The second kappa shape index (κ2) is 4.48. The van der Waals surface area contributed by atoms with Crippen molar-refractivity contribution in [1.82, 2.24) is 0 Å². The molecule has 0 aliphatic heterocycles. The molecule has 1 aliphatic rings. The fourth-order valence-electron chi connectivity index (χ4n) is 1.33. The molecule has 0 N–H and O–H groups in total. The molecule has 0 radical (unpaired) electrons. The average Bonchev–Trinajstić information content (AvgIpc) is 2.57. The summed E-state index contributed by atoms with van der Waals surface area (Å²) in [6.45, 7) is 2.22. The van der Waals surface area contributed by atoms with Crippen LogP contribution in [0.4, 0.5) is 0 Å². The molecule has 0 saturated carbocycles. The van der Waals surface area contributed by atoms with Gasteiger partial charge in [-0.15, -0.1) is 11.6 Å². The Morgan fingerprint density at radius 1 is 1.42 bits per heavy atom. The van der Waals surface area contributed by atoms with E-state index in [1.807, 2.05) is 0 Å². The van der Waals surface area contributed by atoms with Gasteiger partial charge in [0.15, 0.2) is 0 Å². The van der Waals surface area contributed by atoms with Crippen molar-refractivity contribution in [2.75, 3.05) is 11.2 Å². The smallest absolute Gasteiger partial charge is 0.0285 e. The molecule has 1 aliphatic carbocycles. The van der Waals surface area contributed by atoms with Gasteiger partial charge in [0, 0.05) is 11.2 Å². The molecule has 0 bridgehead atoms. The van der Waals surface area contributed by atoms with Crippen molar-refractivity contribution in [3.05, 3.63) is 24.3 Å². The standard InChI is InChI=1S/C10H14BrCl/c1-10(7-11,8-12)6-9-4-2-3-5-9/h2-5,9H,6-8H2,1H3. The summed E-state index contributed by atoms with van der Waals surface area (Å²) in [5.41, 5.74) is 0.227. The summed E-state index contributed by atoms with van der Waals surface area (Å²) in [7, 11) is 0. The minimum absolute atomic E-state index is 0.227. The molecule has 0 heterocycles. The first-order valence-corrected chi connectivity index (χ1v) is 5.83. The van der Waals surface area contributed by atoms with Crippen molar-refractivity contribution < 1.29 is 0 Å². The van der Waals surface area contributed by atoms with Crippen LogP contribution in [0.1, 0.15) is 13.3 Å². The van der Waals surface area contributed by atoms with Crippen molar-refractivity contribution in [3.8, 4) is 0 Å². The Kier molecular flexibility index (Phi) is 3.85. The average molecular weight is 250 g/mol. The molecule has 12 heavy (non-hydrogen) atoms. The van der Waals surface area contributed by atoms with Gasteiger partial charge in [-0.25, -0.2) is 0 Å². The van der Waals surface area contributed by atoms with Crippen molar-refractivity contribution >= 4 is 27.5 Å². The van der Waals surface area contributed by atoms with E-state index in [0.29, 0.717) is 5.92 Å². The van der Waals surface area contributed by atoms with Crippen LogP contribution in [0.25, 0.3) is 0 Å². The first-order chi connectivity index (χ1) is 5.70. The number of alkyl halides is 2. The Morgan fingerprint density at radius 2 is 2.00 bits per heavy atom. The highest BCUT2D eigenvalue weighted by Crippen LogP contribution is 2.32. The molecular formula is C10H14BrCl. The number of hydrogen-bond acceptors (Lipinski definition) is 0. The lowest BCUT2D eigenvalue weighted by molar-refractivity contribution is 0.369. The molecule has 0 nitrogen and oxygen atoms in total. The number of rotatable bonds is 4. The predicted octanol–water partition coefficient (Wildman–Crippen LogP) is 3.76. The van der Waals surface area contributed by atoms with E-state index in [2.05, 4.69) is 47.2 Å². The van der Waals surface area contributed by atoms with E-state index in [1.54, 1.807) is 0 Å². The van der Waals surface area contributed by atoms with Crippen LogP contribution in [0.15, 0.2) is 24.3 Å². The van der Waals surface area contributed by atoms with E-state index in [9.17, 15) is 0 Å². The maximum absolute atomic E-state index is 5.91. The molecule has 0 aromatic rings. The molecule has 1 unspecified atom stereocenters. The summed E-state index contributed by atoms with van der Waals surface area (Å²) in [4.78, 5) is 0. The molecule has 68 valence electrons. The lowest BCUT2D eigenvalue weighted by atomic mass is 9.85. The summed E-state index contributed by atoms with van der Waals surface area (Å²) in [5.74, 6) is 1.31. The van der Waals surface area contributed by atoms with E-state index in [-0.39, 0.29) is 5.41 Å². The maximum Gasteiger partial charge on any atom is 0.0285 e. The molecule has 0 aromatic heterocycles. The van der Waals surface area contributed by atoms with Gasteiger partial charge in [-0.2, -0.15) is 0 Å². The van der Waals surface area contributed by atoms with Crippen molar-refractivity contribution in [2.45, 2.75) is 13.3 Å². The van der Waals surface area contributed by atoms with Crippen LogP contribution in [-0.4, -0.2) is 11.2 Å². The van der Waals surface area contributed by atoms with E-state index < -0.39 is 0 Å². The molecule has 0 aromatic carbocycles. The Bertz CT molecular complexity index is 180. The summed E-state index contributed by atoms with van der Waals surface area (Å²) in [5, 5.41) is 0.974. The zero-order valence-electron chi connectivity index (χ0n) is 7.26. The second-order valence-corrected chi connectivity index (χ2v) is 4.54. The van der Waals surface area contributed by atoms with Gasteiger partial charge in [0.2, 0.25) is 0 Å². The zero-order chi connectivity index (χ0) is 9.03. The highest BCUT2D eigenvalue weighted by Gasteiger charge is 2.24. The van der Waals surface area contributed by atoms with Gasteiger partial charge in [-0.1, -0.05) is 47.2 Å². The fraction of sp³-hybridized carbons (Fsp3) is 0.600. The van der Waals surface area contributed by atoms with Crippen LogP contribution in [0.2, 0.25) is 0 Å². The molecule has 0 amide bonds. The van der Waals surface area contributed by atoms with E-state index >= 15 is 0 Å². The molecule has 0 spiro atoms. The first kappa shape index (κ1) is 10.3. The summed E-state index contributed by atoms with van der Waals surface area (Å²) in [6, 6.07) is 0. The quantitative estimate of drug-likeness (QED) is 0.666. The first-order valence-electron chi connectivity index (χ1n) is 4.17. The summed E-state index contributed by atoms with van der Waals surface area (Å²) in [6.07, 6.45) is 9.80. The monoisotopic (exact) mass is 248 g/mol. The summed E-state index contributed by atoms with van der Waals surface area (Å²) >= 11 is 9.42. The normalized spacial score (nSPS) is 21.6. The summed E-state index contributed by atoms with van der Waals surface area (Å²) < 4.78 is 0. The Hall–Kier alpha value is 0.250. The van der Waals surface area contributed by atoms with Gasteiger partial charge in [0.1, 0.15) is 0 Å².